The van der Waals surface area contributed by atoms with Crippen molar-refractivity contribution >= 4 is 5.82 Å². The molecule has 1 aliphatic rings. The summed E-state index contributed by atoms with van der Waals surface area (Å²) in [5.41, 5.74) is 1.33. The third-order valence-electron chi connectivity index (χ3n) is 3.99. The van der Waals surface area contributed by atoms with Crippen LogP contribution in [0.2, 0.25) is 0 Å². The molecule has 1 N–H and O–H groups in total. The van der Waals surface area contributed by atoms with E-state index in [1.54, 1.807) is 0 Å². The predicted octanol–water partition coefficient (Wildman–Crippen LogP) is 3.21. The summed E-state index contributed by atoms with van der Waals surface area (Å²) in [6, 6.07) is 4.25. The topological polar surface area (TPSA) is 28.2 Å². The highest BCUT2D eigenvalue weighted by Gasteiger charge is 2.21. The van der Waals surface area contributed by atoms with Crippen molar-refractivity contribution in [1.29, 1.82) is 0 Å². The number of pyridine rings is 1. The average Bonchev–Trinajstić information content (AvgIpc) is 2.39. The van der Waals surface area contributed by atoms with E-state index in [9.17, 15) is 0 Å². The number of nitrogens with one attached hydrogen (secondary N) is 1. The zero-order valence-corrected chi connectivity index (χ0v) is 12.4. The molecule has 0 radical (unpaired) electrons. The van der Waals surface area contributed by atoms with E-state index in [1.807, 2.05) is 12.3 Å². The van der Waals surface area contributed by atoms with Crippen molar-refractivity contribution in [1.82, 2.24) is 10.3 Å². The van der Waals surface area contributed by atoms with Gasteiger partial charge in [-0.2, -0.15) is 0 Å². The first kappa shape index (κ1) is 14.3. The van der Waals surface area contributed by atoms with Gasteiger partial charge in [0.05, 0.1) is 0 Å². The fourth-order valence-corrected chi connectivity index (χ4v) is 2.61. The Kier molecular flexibility index (Phi) is 5.64. The van der Waals surface area contributed by atoms with Crippen molar-refractivity contribution in [3.8, 4) is 0 Å². The van der Waals surface area contributed by atoms with Crippen LogP contribution >= 0.6 is 0 Å². The largest absolute Gasteiger partial charge is 0.356 e. The zero-order valence-electron chi connectivity index (χ0n) is 12.4. The lowest BCUT2D eigenvalue weighted by Gasteiger charge is -2.33. The molecule has 19 heavy (non-hydrogen) atoms. The van der Waals surface area contributed by atoms with Gasteiger partial charge in [0.1, 0.15) is 5.82 Å². The van der Waals surface area contributed by atoms with Crippen molar-refractivity contribution in [2.75, 3.05) is 24.5 Å². The monoisotopic (exact) mass is 261 g/mol. The van der Waals surface area contributed by atoms with Gasteiger partial charge in [-0.15, -0.1) is 0 Å². The van der Waals surface area contributed by atoms with Crippen LogP contribution in [-0.4, -0.2) is 24.6 Å². The van der Waals surface area contributed by atoms with Crippen LogP contribution in [0, 0.1) is 5.92 Å². The Morgan fingerprint density at radius 1 is 1.37 bits per heavy atom. The fraction of sp³-hybridized carbons (Fsp3) is 0.688. The predicted molar refractivity (Wildman–Crippen MR) is 81.5 cm³/mol. The molecular weight excluding hydrogens is 234 g/mol. The maximum Gasteiger partial charge on any atom is 0.133 e. The van der Waals surface area contributed by atoms with Crippen LogP contribution in [-0.2, 0) is 6.54 Å². The van der Waals surface area contributed by atoms with Gasteiger partial charge >= 0.3 is 0 Å². The smallest absolute Gasteiger partial charge is 0.133 e. The minimum atomic E-state index is 0.887. The van der Waals surface area contributed by atoms with Crippen LogP contribution in [0.4, 0.5) is 5.82 Å². The Morgan fingerprint density at radius 3 is 2.84 bits per heavy atom. The SMILES string of the molecule is CCCNCc1cccnc1N(CC)CC1CCC1. The first-order valence-corrected chi connectivity index (χ1v) is 7.74. The van der Waals surface area contributed by atoms with Gasteiger partial charge in [-0.25, -0.2) is 4.98 Å². The molecule has 0 spiro atoms. The molecule has 0 atom stereocenters. The van der Waals surface area contributed by atoms with Crippen LogP contribution in [0.25, 0.3) is 0 Å². The molecule has 3 nitrogen and oxygen atoms in total. The summed E-state index contributed by atoms with van der Waals surface area (Å²) in [5, 5.41) is 3.49. The Bertz CT molecular complexity index is 374. The molecule has 106 valence electrons. The summed E-state index contributed by atoms with van der Waals surface area (Å²) in [4.78, 5) is 7.08. The molecule has 1 saturated carbocycles. The van der Waals surface area contributed by atoms with E-state index in [0.717, 1.165) is 25.6 Å². The normalized spacial score (nSPS) is 15.3. The first-order valence-electron chi connectivity index (χ1n) is 7.74. The van der Waals surface area contributed by atoms with Gasteiger partial charge in [-0.3, -0.25) is 0 Å². The van der Waals surface area contributed by atoms with Crippen molar-refractivity contribution in [2.24, 2.45) is 5.92 Å². The molecule has 0 unspecified atom stereocenters. The average molecular weight is 261 g/mol. The summed E-state index contributed by atoms with van der Waals surface area (Å²) in [7, 11) is 0. The van der Waals surface area contributed by atoms with Crippen LogP contribution in [0.1, 0.15) is 45.1 Å². The number of hydrogen-bond acceptors (Lipinski definition) is 3. The molecule has 1 aliphatic carbocycles. The van der Waals surface area contributed by atoms with Crippen LogP contribution in [0.3, 0.4) is 0 Å². The molecule has 3 heteroatoms. The third kappa shape index (κ3) is 3.93. The van der Waals surface area contributed by atoms with Gasteiger partial charge in [0.25, 0.3) is 0 Å². The van der Waals surface area contributed by atoms with E-state index in [0.29, 0.717) is 0 Å². The minimum Gasteiger partial charge on any atom is -0.356 e. The quantitative estimate of drug-likeness (QED) is 0.728. The van der Waals surface area contributed by atoms with Gasteiger partial charge < -0.3 is 10.2 Å². The molecule has 0 bridgehead atoms. The Labute approximate surface area is 117 Å². The zero-order chi connectivity index (χ0) is 13.5. The number of hydrogen-bond donors (Lipinski definition) is 1. The molecule has 0 amide bonds. The molecule has 1 fully saturated rings. The van der Waals surface area contributed by atoms with Crippen molar-refractivity contribution in [3.63, 3.8) is 0 Å². The number of anilines is 1. The highest BCUT2D eigenvalue weighted by atomic mass is 15.2. The Hall–Kier alpha value is -1.09. The lowest BCUT2D eigenvalue weighted by Crippen LogP contribution is -2.34. The van der Waals surface area contributed by atoms with Gasteiger partial charge in [0, 0.05) is 31.4 Å². The van der Waals surface area contributed by atoms with E-state index >= 15 is 0 Å². The van der Waals surface area contributed by atoms with E-state index in [2.05, 4.69) is 35.1 Å². The summed E-state index contributed by atoms with van der Waals surface area (Å²) in [6.07, 6.45) is 7.30. The second kappa shape index (κ2) is 7.49. The second-order valence-electron chi connectivity index (χ2n) is 5.50. The highest BCUT2D eigenvalue weighted by molar-refractivity contribution is 5.46. The molecular formula is C16H27N3. The van der Waals surface area contributed by atoms with Crippen LogP contribution in [0.15, 0.2) is 18.3 Å². The lowest BCUT2D eigenvalue weighted by atomic mass is 9.85. The van der Waals surface area contributed by atoms with Crippen LogP contribution in [0.5, 0.6) is 0 Å². The van der Waals surface area contributed by atoms with Gasteiger partial charge in [-0.05, 0) is 44.7 Å². The standard InChI is InChI=1S/C16H27N3/c1-3-10-17-12-15-9-6-11-18-16(15)19(4-2)13-14-7-5-8-14/h6,9,11,14,17H,3-5,7-8,10,12-13H2,1-2H3. The van der Waals surface area contributed by atoms with Crippen LogP contribution < -0.4 is 10.2 Å². The Balaban J connectivity index is 2.02. The van der Waals surface area contributed by atoms with E-state index < -0.39 is 0 Å². The summed E-state index contributed by atoms with van der Waals surface area (Å²) in [5.74, 6) is 2.07. The number of rotatable bonds is 8. The molecule has 0 aliphatic heterocycles. The number of nitrogens with zero attached hydrogens (tertiary/aromatic N) is 2. The lowest BCUT2D eigenvalue weighted by molar-refractivity contribution is 0.318. The Morgan fingerprint density at radius 2 is 2.21 bits per heavy atom. The maximum atomic E-state index is 4.63. The fourth-order valence-electron chi connectivity index (χ4n) is 2.61. The first-order chi connectivity index (χ1) is 9.35. The summed E-state index contributed by atoms with van der Waals surface area (Å²) >= 11 is 0. The second-order valence-corrected chi connectivity index (χ2v) is 5.50. The summed E-state index contributed by atoms with van der Waals surface area (Å²) < 4.78 is 0. The van der Waals surface area contributed by atoms with Gasteiger partial charge in [0.2, 0.25) is 0 Å². The molecule has 1 aromatic heterocycles. The van der Waals surface area contributed by atoms with Gasteiger partial charge in [-0.1, -0.05) is 19.4 Å². The highest BCUT2D eigenvalue weighted by Crippen LogP contribution is 2.29. The third-order valence-corrected chi connectivity index (χ3v) is 3.99. The maximum absolute atomic E-state index is 4.63. The molecule has 0 aromatic carbocycles. The summed E-state index contributed by atoms with van der Waals surface area (Å²) in [6.45, 7) is 8.66. The molecule has 1 aromatic rings. The van der Waals surface area contributed by atoms with Crippen molar-refractivity contribution in [3.05, 3.63) is 23.9 Å². The van der Waals surface area contributed by atoms with E-state index in [-0.39, 0.29) is 0 Å². The number of aromatic nitrogens is 1. The molecule has 1 heterocycles. The van der Waals surface area contributed by atoms with E-state index in [1.165, 1.54) is 43.6 Å². The van der Waals surface area contributed by atoms with Crippen molar-refractivity contribution in [2.45, 2.75) is 46.1 Å². The van der Waals surface area contributed by atoms with E-state index in [4.69, 9.17) is 0 Å². The minimum absolute atomic E-state index is 0.887. The van der Waals surface area contributed by atoms with Gasteiger partial charge in [0.15, 0.2) is 0 Å². The molecule has 2 rings (SSSR count). The molecule has 0 saturated heterocycles. The van der Waals surface area contributed by atoms with Crippen molar-refractivity contribution < 1.29 is 0 Å².